The van der Waals surface area contributed by atoms with Crippen LogP contribution in [-0.2, 0) is 0 Å². The van der Waals surface area contributed by atoms with Gasteiger partial charge in [0.2, 0.25) is 0 Å². The van der Waals surface area contributed by atoms with Crippen LogP contribution in [-0.4, -0.2) is 11.1 Å². The second-order valence-corrected chi connectivity index (χ2v) is 5.72. The highest BCUT2D eigenvalue weighted by Gasteiger charge is 2.19. The lowest BCUT2D eigenvalue weighted by Crippen LogP contribution is -2.04. The molecule has 0 heterocycles. The van der Waals surface area contributed by atoms with Gasteiger partial charge < -0.3 is 10.4 Å². The Morgan fingerprint density at radius 2 is 1.77 bits per heavy atom. The Hall–Kier alpha value is -2.36. The van der Waals surface area contributed by atoms with Crippen LogP contribution < -0.4 is 5.32 Å². The maximum atomic E-state index is 13.0. The standard InChI is InChI=1S/C18H18FNO2/c19-14-6-8-15(9-7-14)20-17-11-13(12-3-1-2-4-12)5-10-16(17)18(21)22/h5-12,20H,1-4H2,(H,21,22). The van der Waals surface area contributed by atoms with E-state index in [0.717, 1.165) is 12.8 Å². The number of hydrogen-bond donors (Lipinski definition) is 2. The lowest BCUT2D eigenvalue weighted by molar-refractivity contribution is 0.0698. The van der Waals surface area contributed by atoms with E-state index in [9.17, 15) is 14.3 Å². The largest absolute Gasteiger partial charge is 0.478 e. The zero-order valence-corrected chi connectivity index (χ0v) is 12.2. The minimum Gasteiger partial charge on any atom is -0.478 e. The van der Waals surface area contributed by atoms with Crippen LogP contribution in [0.2, 0.25) is 0 Å². The fourth-order valence-electron chi connectivity index (χ4n) is 3.05. The molecule has 2 aromatic carbocycles. The Bertz CT molecular complexity index is 676. The van der Waals surface area contributed by atoms with E-state index < -0.39 is 5.97 Å². The minimum absolute atomic E-state index is 0.228. The summed E-state index contributed by atoms with van der Waals surface area (Å²) < 4.78 is 13.0. The van der Waals surface area contributed by atoms with Crippen molar-refractivity contribution < 1.29 is 14.3 Å². The fourth-order valence-corrected chi connectivity index (χ4v) is 3.05. The monoisotopic (exact) mass is 299 g/mol. The molecule has 114 valence electrons. The van der Waals surface area contributed by atoms with E-state index in [-0.39, 0.29) is 11.4 Å². The molecule has 0 bridgehead atoms. The van der Waals surface area contributed by atoms with Gasteiger partial charge in [0, 0.05) is 5.69 Å². The Morgan fingerprint density at radius 1 is 1.09 bits per heavy atom. The van der Waals surface area contributed by atoms with Crippen LogP contribution >= 0.6 is 0 Å². The summed E-state index contributed by atoms with van der Waals surface area (Å²) in [5.41, 5.74) is 2.63. The van der Waals surface area contributed by atoms with E-state index in [0.29, 0.717) is 17.3 Å². The van der Waals surface area contributed by atoms with E-state index in [1.165, 1.54) is 30.5 Å². The molecular weight excluding hydrogens is 281 g/mol. The first-order valence-corrected chi connectivity index (χ1v) is 7.53. The zero-order valence-electron chi connectivity index (χ0n) is 12.2. The van der Waals surface area contributed by atoms with Crippen LogP contribution in [0.25, 0.3) is 0 Å². The maximum absolute atomic E-state index is 13.0. The molecule has 2 N–H and O–H groups in total. The van der Waals surface area contributed by atoms with E-state index in [2.05, 4.69) is 5.32 Å². The number of halogens is 1. The van der Waals surface area contributed by atoms with Crippen molar-refractivity contribution in [1.29, 1.82) is 0 Å². The molecule has 3 nitrogen and oxygen atoms in total. The Labute approximate surface area is 128 Å². The molecule has 4 heteroatoms. The van der Waals surface area contributed by atoms with Gasteiger partial charge in [0.1, 0.15) is 5.82 Å². The summed E-state index contributed by atoms with van der Waals surface area (Å²) in [5.74, 6) is -0.775. The third-order valence-electron chi connectivity index (χ3n) is 4.22. The number of benzene rings is 2. The number of nitrogens with one attached hydrogen (secondary N) is 1. The van der Waals surface area contributed by atoms with E-state index in [1.807, 2.05) is 12.1 Å². The van der Waals surface area contributed by atoms with E-state index in [4.69, 9.17) is 0 Å². The highest BCUT2D eigenvalue weighted by molar-refractivity contribution is 5.95. The van der Waals surface area contributed by atoms with Gasteiger partial charge in [-0.05, 0) is 60.7 Å². The van der Waals surface area contributed by atoms with Gasteiger partial charge in [0.05, 0.1) is 11.3 Å². The van der Waals surface area contributed by atoms with Crippen molar-refractivity contribution in [3.05, 3.63) is 59.4 Å². The molecule has 3 rings (SSSR count). The Kier molecular flexibility index (Phi) is 4.09. The van der Waals surface area contributed by atoms with Gasteiger partial charge in [-0.3, -0.25) is 0 Å². The molecule has 0 unspecified atom stereocenters. The van der Waals surface area contributed by atoms with Gasteiger partial charge in [-0.25, -0.2) is 9.18 Å². The highest BCUT2D eigenvalue weighted by Crippen LogP contribution is 2.36. The topological polar surface area (TPSA) is 49.3 Å². The predicted octanol–water partition coefficient (Wildman–Crippen LogP) is 4.93. The van der Waals surface area contributed by atoms with Gasteiger partial charge in [-0.1, -0.05) is 18.9 Å². The predicted molar refractivity (Wildman–Crippen MR) is 84.3 cm³/mol. The van der Waals surface area contributed by atoms with Gasteiger partial charge in [0.25, 0.3) is 0 Å². The first-order valence-electron chi connectivity index (χ1n) is 7.53. The molecule has 1 fully saturated rings. The van der Waals surface area contributed by atoms with Gasteiger partial charge in [-0.15, -0.1) is 0 Å². The molecule has 0 spiro atoms. The van der Waals surface area contributed by atoms with Crippen LogP contribution in [0.15, 0.2) is 42.5 Å². The maximum Gasteiger partial charge on any atom is 0.337 e. The average Bonchev–Trinajstić information content (AvgIpc) is 3.03. The summed E-state index contributed by atoms with van der Waals surface area (Å²) in [4.78, 5) is 11.4. The average molecular weight is 299 g/mol. The van der Waals surface area contributed by atoms with E-state index >= 15 is 0 Å². The lowest BCUT2D eigenvalue weighted by Gasteiger charge is -2.15. The summed E-state index contributed by atoms with van der Waals surface area (Å²) in [5, 5.41) is 12.4. The summed E-state index contributed by atoms with van der Waals surface area (Å²) in [6, 6.07) is 11.4. The summed E-state index contributed by atoms with van der Waals surface area (Å²) in [6.07, 6.45) is 4.77. The van der Waals surface area contributed by atoms with Crippen LogP contribution in [0, 0.1) is 5.82 Å². The molecule has 0 aromatic heterocycles. The van der Waals surface area contributed by atoms with Crippen molar-refractivity contribution in [1.82, 2.24) is 0 Å². The van der Waals surface area contributed by atoms with Crippen LogP contribution in [0.3, 0.4) is 0 Å². The molecular formula is C18H18FNO2. The van der Waals surface area contributed by atoms with Crippen LogP contribution in [0.5, 0.6) is 0 Å². The first kappa shape index (κ1) is 14.6. The van der Waals surface area contributed by atoms with Crippen molar-refractivity contribution in [2.45, 2.75) is 31.6 Å². The molecule has 1 aliphatic rings. The molecule has 0 radical (unpaired) electrons. The van der Waals surface area contributed by atoms with Gasteiger partial charge >= 0.3 is 5.97 Å². The highest BCUT2D eigenvalue weighted by atomic mass is 19.1. The summed E-state index contributed by atoms with van der Waals surface area (Å²) in [6.45, 7) is 0. The third kappa shape index (κ3) is 3.11. The van der Waals surface area contributed by atoms with Gasteiger partial charge in [-0.2, -0.15) is 0 Å². The second kappa shape index (κ2) is 6.18. The number of aromatic carboxylic acids is 1. The second-order valence-electron chi connectivity index (χ2n) is 5.72. The lowest BCUT2D eigenvalue weighted by atomic mass is 9.95. The minimum atomic E-state index is -0.970. The molecule has 0 amide bonds. The van der Waals surface area contributed by atoms with E-state index in [1.54, 1.807) is 18.2 Å². The van der Waals surface area contributed by atoms with Crippen LogP contribution in [0.1, 0.15) is 47.5 Å². The van der Waals surface area contributed by atoms with Gasteiger partial charge in [0.15, 0.2) is 0 Å². The number of rotatable bonds is 4. The van der Waals surface area contributed by atoms with Crippen molar-refractivity contribution in [3.8, 4) is 0 Å². The first-order chi connectivity index (χ1) is 10.6. The summed E-state index contributed by atoms with van der Waals surface area (Å²) in [7, 11) is 0. The smallest absolute Gasteiger partial charge is 0.337 e. The number of hydrogen-bond acceptors (Lipinski definition) is 2. The number of carboxylic acid groups (broad SMARTS) is 1. The van der Waals surface area contributed by atoms with Crippen molar-refractivity contribution >= 4 is 17.3 Å². The molecule has 2 aromatic rings. The molecule has 0 saturated heterocycles. The Morgan fingerprint density at radius 3 is 2.41 bits per heavy atom. The van der Waals surface area contributed by atoms with Crippen molar-refractivity contribution in [2.75, 3.05) is 5.32 Å². The SMILES string of the molecule is O=C(O)c1ccc(C2CCCC2)cc1Nc1ccc(F)cc1. The number of anilines is 2. The molecule has 1 saturated carbocycles. The number of carbonyl (C=O) groups is 1. The molecule has 22 heavy (non-hydrogen) atoms. The van der Waals surface area contributed by atoms with Crippen molar-refractivity contribution in [2.24, 2.45) is 0 Å². The zero-order chi connectivity index (χ0) is 15.5. The van der Waals surface area contributed by atoms with Crippen LogP contribution in [0.4, 0.5) is 15.8 Å². The molecule has 1 aliphatic carbocycles. The number of carboxylic acids is 1. The fraction of sp³-hybridized carbons (Fsp3) is 0.278. The third-order valence-corrected chi connectivity index (χ3v) is 4.22. The summed E-state index contributed by atoms with van der Waals surface area (Å²) >= 11 is 0. The molecule has 0 atom stereocenters. The Balaban J connectivity index is 1.93. The normalized spacial score (nSPS) is 15.0. The van der Waals surface area contributed by atoms with Crippen molar-refractivity contribution in [3.63, 3.8) is 0 Å². The quantitative estimate of drug-likeness (QED) is 0.842. The molecule has 0 aliphatic heterocycles.